The van der Waals surface area contributed by atoms with Crippen LogP contribution in [0.1, 0.15) is 23.3 Å². The van der Waals surface area contributed by atoms with Crippen LogP contribution in [0.5, 0.6) is 11.5 Å². The monoisotopic (exact) mass is 678 g/mol. The average molecular weight is 680 g/mol. The molecule has 6 rings (SSSR count). The van der Waals surface area contributed by atoms with Crippen molar-refractivity contribution in [1.82, 2.24) is 9.80 Å². The Bertz CT molecular complexity index is 1530. The van der Waals surface area contributed by atoms with E-state index in [0.29, 0.717) is 12.0 Å². The molecule has 0 spiro atoms. The largest absolute Gasteiger partial charge is 0.504 e. The molecule has 3 heterocycles. The zero-order valence-electron chi connectivity index (χ0n) is 21.8. The number of methoxy groups -OCH3 is 1. The van der Waals surface area contributed by atoms with Crippen LogP contribution < -0.4 is 4.74 Å². The Morgan fingerprint density at radius 3 is 2.59 bits per heavy atom. The predicted octanol–water partition coefficient (Wildman–Crippen LogP) is 4.92. The number of nitrogens with zero attached hydrogens (tertiary/aromatic N) is 2. The standard InChI is InChI=1S/C29H25BrCl2N2O6S/c1-40-22-11-15(5-9-21(22)35)4-8-20-17-6-7-18-23(25(37)33(24(18)36)13-16-3-2-10-41-16)19(17)12-28(31)26(38)34(14-30)27(39)29(20,28)32/h2-6,8-11,18-20,23,35H,7,12-14H2,1H3/t18-,19+,20-,23-,28+,29-/m0/s1. The zero-order valence-corrected chi connectivity index (χ0v) is 25.7. The minimum absolute atomic E-state index is 0.0296. The van der Waals surface area contributed by atoms with Crippen molar-refractivity contribution in [2.75, 3.05) is 12.6 Å². The van der Waals surface area contributed by atoms with E-state index < -0.39 is 45.2 Å². The number of hydrogen-bond donors (Lipinski definition) is 1. The number of aromatic hydroxyl groups is 1. The Hall–Kier alpha value is -2.66. The summed E-state index contributed by atoms with van der Waals surface area (Å²) in [7, 11) is 1.44. The van der Waals surface area contributed by atoms with Gasteiger partial charge < -0.3 is 9.84 Å². The quantitative estimate of drug-likeness (QED) is 0.201. The highest BCUT2D eigenvalue weighted by Gasteiger charge is 2.75. The Balaban J connectivity index is 1.44. The molecule has 4 amide bonds. The van der Waals surface area contributed by atoms with E-state index in [0.717, 1.165) is 15.4 Å². The first-order chi connectivity index (χ1) is 19.6. The number of alkyl halides is 3. The minimum Gasteiger partial charge on any atom is -0.504 e. The molecule has 6 atom stereocenters. The van der Waals surface area contributed by atoms with Crippen molar-refractivity contribution in [2.45, 2.75) is 29.1 Å². The molecule has 0 radical (unpaired) electrons. The number of rotatable bonds is 6. The first-order valence-corrected chi connectivity index (χ1v) is 15.8. The lowest BCUT2D eigenvalue weighted by molar-refractivity contribution is -0.141. The van der Waals surface area contributed by atoms with Gasteiger partial charge in [-0.2, -0.15) is 0 Å². The van der Waals surface area contributed by atoms with Crippen LogP contribution in [0.15, 0.2) is 53.4 Å². The van der Waals surface area contributed by atoms with Crippen molar-refractivity contribution in [1.29, 1.82) is 0 Å². The number of thiophene rings is 1. The molecule has 0 unspecified atom stereocenters. The second-order valence-corrected chi connectivity index (χ2v) is 13.4. The Morgan fingerprint density at radius 2 is 1.90 bits per heavy atom. The Morgan fingerprint density at radius 1 is 1.12 bits per heavy atom. The highest BCUT2D eigenvalue weighted by Crippen LogP contribution is 2.63. The summed E-state index contributed by atoms with van der Waals surface area (Å²) in [6.07, 6.45) is 5.60. The van der Waals surface area contributed by atoms with E-state index in [1.165, 1.54) is 29.4 Å². The molecule has 12 heteroatoms. The fraction of sp³-hybridized carbons (Fsp3) is 0.379. The molecule has 8 nitrogen and oxygen atoms in total. The van der Waals surface area contributed by atoms with Crippen LogP contribution in [0.3, 0.4) is 0 Å². The van der Waals surface area contributed by atoms with Crippen LogP contribution in [0, 0.1) is 23.7 Å². The number of hydrogen-bond acceptors (Lipinski definition) is 7. The van der Waals surface area contributed by atoms with Gasteiger partial charge in [0.2, 0.25) is 11.8 Å². The number of imide groups is 2. The molecule has 1 aromatic carbocycles. The lowest BCUT2D eigenvalue weighted by atomic mass is 9.57. The normalized spacial score (nSPS) is 32.8. The van der Waals surface area contributed by atoms with E-state index in [2.05, 4.69) is 15.9 Å². The number of amides is 4. The van der Waals surface area contributed by atoms with Crippen molar-refractivity contribution in [2.24, 2.45) is 23.7 Å². The van der Waals surface area contributed by atoms with Gasteiger partial charge in [0.1, 0.15) is 0 Å². The number of halogens is 3. The molecular formula is C29H25BrCl2N2O6S. The van der Waals surface area contributed by atoms with Gasteiger partial charge in [-0.15, -0.1) is 34.5 Å². The van der Waals surface area contributed by atoms with Gasteiger partial charge in [-0.25, -0.2) is 0 Å². The smallest absolute Gasteiger partial charge is 0.254 e. The van der Waals surface area contributed by atoms with Gasteiger partial charge in [0, 0.05) is 10.8 Å². The molecule has 1 aromatic heterocycles. The van der Waals surface area contributed by atoms with E-state index in [9.17, 15) is 24.3 Å². The molecule has 1 saturated carbocycles. The number of fused-ring (bicyclic) bond motifs is 4. The minimum atomic E-state index is -1.85. The zero-order chi connectivity index (χ0) is 29.3. The van der Waals surface area contributed by atoms with Crippen molar-refractivity contribution < 1.29 is 29.0 Å². The van der Waals surface area contributed by atoms with Gasteiger partial charge in [-0.05, 0) is 47.9 Å². The Kier molecular flexibility index (Phi) is 7.12. The molecule has 4 aliphatic rings. The third-order valence-electron chi connectivity index (χ3n) is 8.74. The van der Waals surface area contributed by atoms with Crippen LogP contribution >= 0.6 is 50.5 Å². The summed E-state index contributed by atoms with van der Waals surface area (Å²) in [5.41, 5.74) is 1.29. The van der Waals surface area contributed by atoms with Gasteiger partial charge in [-0.1, -0.05) is 51.9 Å². The van der Waals surface area contributed by atoms with E-state index >= 15 is 0 Å². The molecular weight excluding hydrogens is 655 g/mol. The van der Waals surface area contributed by atoms with Crippen molar-refractivity contribution in [3.63, 3.8) is 0 Å². The van der Waals surface area contributed by atoms with Gasteiger partial charge in [0.05, 0.1) is 30.9 Å². The summed E-state index contributed by atoms with van der Waals surface area (Å²) < 4.78 is 5.22. The summed E-state index contributed by atoms with van der Waals surface area (Å²) in [6, 6.07) is 8.53. The summed E-state index contributed by atoms with van der Waals surface area (Å²) >= 11 is 19.0. The molecule has 2 saturated heterocycles. The number of benzene rings is 1. The maximum Gasteiger partial charge on any atom is 0.254 e. The molecule has 3 fully saturated rings. The molecule has 2 aromatic rings. The fourth-order valence-electron chi connectivity index (χ4n) is 6.79. The van der Waals surface area contributed by atoms with Crippen molar-refractivity contribution >= 4 is 80.2 Å². The number of phenols is 1. The first-order valence-electron chi connectivity index (χ1n) is 13.0. The maximum absolute atomic E-state index is 13.8. The lowest BCUT2D eigenvalue weighted by Gasteiger charge is -2.49. The second-order valence-electron chi connectivity index (χ2n) is 10.7. The molecule has 2 aliphatic heterocycles. The fourth-order valence-corrected chi connectivity index (χ4v) is 8.86. The summed E-state index contributed by atoms with van der Waals surface area (Å²) in [5, 5.41) is 11.9. The third-order valence-corrected chi connectivity index (χ3v) is 11.5. The first kappa shape index (κ1) is 28.5. The molecule has 214 valence electrons. The number of allylic oxidation sites excluding steroid dienone is 3. The average Bonchev–Trinajstić information content (AvgIpc) is 3.60. The Labute approximate surface area is 258 Å². The van der Waals surface area contributed by atoms with E-state index in [1.807, 2.05) is 23.6 Å². The predicted molar refractivity (Wildman–Crippen MR) is 158 cm³/mol. The number of ether oxygens (including phenoxy) is 1. The van der Waals surface area contributed by atoms with Crippen molar-refractivity contribution in [3.05, 3.63) is 63.9 Å². The molecule has 1 N–H and O–H groups in total. The number of carbonyl (C=O) groups excluding carboxylic acids is 4. The molecule has 2 aliphatic carbocycles. The number of likely N-dealkylation sites (tertiary alicyclic amines) is 2. The van der Waals surface area contributed by atoms with E-state index in [1.54, 1.807) is 24.3 Å². The highest BCUT2D eigenvalue weighted by atomic mass is 79.9. The van der Waals surface area contributed by atoms with Gasteiger partial charge in [-0.3, -0.25) is 29.0 Å². The molecule has 41 heavy (non-hydrogen) atoms. The topological polar surface area (TPSA) is 104 Å². The van der Waals surface area contributed by atoms with Crippen LogP contribution in [0.4, 0.5) is 0 Å². The van der Waals surface area contributed by atoms with Crippen molar-refractivity contribution in [3.8, 4) is 11.5 Å². The SMILES string of the molecule is COc1cc(C=C[C@H]2C3=CC[C@@H]4C(=O)N(Cc5cccs5)C(=O)[C@@H]4[C@@H]3C[C@@]3(Cl)C(=O)N(CBr)C(=O)[C@@]23Cl)ccc1O. The summed E-state index contributed by atoms with van der Waals surface area (Å²) in [6.45, 7) is 0.191. The summed E-state index contributed by atoms with van der Waals surface area (Å²) in [5.74, 6) is -4.28. The number of phenolic OH excluding ortho intramolecular Hbond substituents is 1. The van der Waals surface area contributed by atoms with Gasteiger partial charge in [0.15, 0.2) is 21.2 Å². The van der Waals surface area contributed by atoms with Gasteiger partial charge >= 0.3 is 0 Å². The van der Waals surface area contributed by atoms with E-state index in [4.69, 9.17) is 27.9 Å². The van der Waals surface area contributed by atoms with Crippen LogP contribution in [-0.4, -0.2) is 60.8 Å². The van der Waals surface area contributed by atoms with Crippen LogP contribution in [0.2, 0.25) is 0 Å². The third kappa shape index (κ3) is 4.05. The second kappa shape index (κ2) is 10.3. The highest BCUT2D eigenvalue weighted by molar-refractivity contribution is 9.09. The maximum atomic E-state index is 13.8. The van der Waals surface area contributed by atoms with Crippen LogP contribution in [-0.2, 0) is 25.7 Å². The van der Waals surface area contributed by atoms with E-state index in [-0.39, 0.29) is 41.7 Å². The number of carbonyl (C=O) groups is 4. The summed E-state index contributed by atoms with van der Waals surface area (Å²) in [4.78, 5) is 54.2. The molecule has 0 bridgehead atoms. The lowest BCUT2D eigenvalue weighted by Crippen LogP contribution is -2.60. The van der Waals surface area contributed by atoms with Gasteiger partial charge in [0.25, 0.3) is 11.8 Å². The van der Waals surface area contributed by atoms with Crippen LogP contribution in [0.25, 0.3) is 6.08 Å².